The van der Waals surface area contributed by atoms with Crippen LogP contribution < -0.4 is 16.4 Å². The maximum Gasteiger partial charge on any atom is 0.328 e. The number of hydrogen-bond donors (Lipinski definition) is 3. The maximum absolute atomic E-state index is 12.7. The molecule has 156 valence electrons. The fraction of sp³-hybridized carbons (Fsp3) is 0.300. The molecule has 2 atom stereocenters. The summed E-state index contributed by atoms with van der Waals surface area (Å²) in [4.78, 5) is 24.8. The number of nitrogens with two attached hydrogens (primary N) is 1. The predicted molar refractivity (Wildman–Crippen MR) is 117 cm³/mol. The molecule has 6 nitrogen and oxygen atoms in total. The highest BCUT2D eigenvalue weighted by atomic mass is 35.5. The summed E-state index contributed by atoms with van der Waals surface area (Å²) in [6.45, 7) is 0.356. The van der Waals surface area contributed by atoms with E-state index >= 15 is 0 Å². The summed E-state index contributed by atoms with van der Waals surface area (Å²) in [7, 11) is 1.32. The van der Waals surface area contributed by atoms with Crippen LogP contribution in [0.2, 0.25) is 10.0 Å². The first kappa shape index (κ1) is 23.3. The zero-order chi connectivity index (χ0) is 20.3. The molecule has 1 aliphatic heterocycles. The average Bonchev–Trinajstić information content (AvgIpc) is 2.66. The molecule has 0 radical (unpaired) electrons. The minimum absolute atomic E-state index is 0. The van der Waals surface area contributed by atoms with Gasteiger partial charge in [-0.15, -0.1) is 12.4 Å². The molecular formula is C20H22Cl3N3O3. The van der Waals surface area contributed by atoms with Gasteiger partial charge < -0.3 is 21.1 Å². The molecule has 9 heteroatoms. The Bertz CT molecular complexity index is 908. The topological polar surface area (TPSA) is 93.5 Å². The van der Waals surface area contributed by atoms with Gasteiger partial charge in [0.05, 0.1) is 19.6 Å². The van der Waals surface area contributed by atoms with Gasteiger partial charge in [0.1, 0.15) is 6.04 Å². The fourth-order valence-corrected chi connectivity index (χ4v) is 4.06. The van der Waals surface area contributed by atoms with Crippen LogP contribution in [0.5, 0.6) is 0 Å². The number of carbonyl (C=O) groups excluding carboxylic acids is 2. The number of rotatable bonds is 5. The van der Waals surface area contributed by atoms with Crippen LogP contribution in [0, 0.1) is 0 Å². The number of esters is 1. The summed E-state index contributed by atoms with van der Waals surface area (Å²) in [5, 5.41) is 6.93. The van der Waals surface area contributed by atoms with Crippen LogP contribution in [0.25, 0.3) is 0 Å². The molecule has 1 heterocycles. The van der Waals surface area contributed by atoms with E-state index in [1.807, 2.05) is 24.3 Å². The molecule has 1 aliphatic rings. The lowest BCUT2D eigenvalue weighted by atomic mass is 9.92. The van der Waals surface area contributed by atoms with Crippen molar-refractivity contribution in [3.8, 4) is 0 Å². The van der Waals surface area contributed by atoms with E-state index in [1.54, 1.807) is 12.1 Å². The molecule has 0 fully saturated rings. The van der Waals surface area contributed by atoms with E-state index in [9.17, 15) is 9.59 Å². The van der Waals surface area contributed by atoms with E-state index in [0.717, 1.165) is 11.1 Å². The Morgan fingerprint density at radius 3 is 2.59 bits per heavy atom. The number of amides is 1. The van der Waals surface area contributed by atoms with Crippen LogP contribution in [0.15, 0.2) is 36.4 Å². The van der Waals surface area contributed by atoms with E-state index in [0.29, 0.717) is 34.3 Å². The monoisotopic (exact) mass is 457 g/mol. The highest BCUT2D eigenvalue weighted by molar-refractivity contribution is 6.35. The minimum Gasteiger partial charge on any atom is -0.467 e. The highest BCUT2D eigenvalue weighted by Crippen LogP contribution is 2.40. The first-order chi connectivity index (χ1) is 13.4. The van der Waals surface area contributed by atoms with Gasteiger partial charge in [-0.3, -0.25) is 4.79 Å². The van der Waals surface area contributed by atoms with Gasteiger partial charge in [-0.25, -0.2) is 4.79 Å². The molecule has 1 amide bonds. The number of nitrogens with one attached hydrogen (secondary N) is 2. The van der Waals surface area contributed by atoms with Crippen molar-refractivity contribution in [3.05, 3.63) is 63.1 Å². The number of methoxy groups -OCH3 is 1. The number of fused-ring (bicyclic) bond motifs is 1. The van der Waals surface area contributed by atoms with Crippen molar-refractivity contribution in [1.29, 1.82) is 0 Å². The van der Waals surface area contributed by atoms with Crippen LogP contribution in [0.4, 0.5) is 5.69 Å². The molecule has 0 aliphatic carbocycles. The Labute approximate surface area is 185 Å². The molecule has 4 N–H and O–H groups in total. The van der Waals surface area contributed by atoms with Gasteiger partial charge in [0, 0.05) is 34.3 Å². The summed E-state index contributed by atoms with van der Waals surface area (Å²) in [5.74, 6) is -0.608. The molecule has 0 spiro atoms. The molecule has 3 rings (SSSR count). The summed E-state index contributed by atoms with van der Waals surface area (Å²) >= 11 is 12.5. The second-order valence-corrected chi connectivity index (χ2v) is 7.42. The number of hydrogen-bond acceptors (Lipinski definition) is 5. The first-order valence-electron chi connectivity index (χ1n) is 8.82. The van der Waals surface area contributed by atoms with Crippen LogP contribution >= 0.6 is 35.6 Å². The van der Waals surface area contributed by atoms with Gasteiger partial charge in [0.25, 0.3) is 0 Å². The van der Waals surface area contributed by atoms with Crippen LogP contribution in [0.1, 0.15) is 29.2 Å². The lowest BCUT2D eigenvalue weighted by molar-refractivity contribution is -0.142. The second-order valence-electron chi connectivity index (χ2n) is 6.57. The molecule has 2 aromatic carbocycles. The summed E-state index contributed by atoms with van der Waals surface area (Å²) in [6.07, 6.45) is 0.492. The third-order valence-electron chi connectivity index (χ3n) is 4.75. The summed E-state index contributed by atoms with van der Waals surface area (Å²) < 4.78 is 4.85. The molecular weight excluding hydrogens is 437 g/mol. The van der Waals surface area contributed by atoms with E-state index in [2.05, 4.69) is 10.6 Å². The van der Waals surface area contributed by atoms with Crippen molar-refractivity contribution >= 4 is 53.2 Å². The van der Waals surface area contributed by atoms with Crippen LogP contribution in [0.3, 0.4) is 0 Å². The first-order valence-corrected chi connectivity index (χ1v) is 9.58. The van der Waals surface area contributed by atoms with E-state index in [1.165, 1.54) is 7.11 Å². The van der Waals surface area contributed by atoms with Crippen molar-refractivity contribution in [2.45, 2.75) is 31.5 Å². The van der Waals surface area contributed by atoms with Crippen molar-refractivity contribution < 1.29 is 14.3 Å². The van der Waals surface area contributed by atoms with Gasteiger partial charge in [-0.1, -0.05) is 47.5 Å². The van der Waals surface area contributed by atoms with E-state index < -0.39 is 18.1 Å². The molecule has 0 unspecified atom stereocenters. The second kappa shape index (κ2) is 10.2. The summed E-state index contributed by atoms with van der Waals surface area (Å²) in [6, 6.07) is 9.75. The molecule has 0 saturated carbocycles. The number of ether oxygens (including phenoxy) is 1. The number of anilines is 1. The molecule has 2 aromatic rings. The predicted octanol–water partition coefficient (Wildman–Crippen LogP) is 3.63. The van der Waals surface area contributed by atoms with Gasteiger partial charge in [-0.2, -0.15) is 0 Å². The quantitative estimate of drug-likeness (QED) is 0.595. The third-order valence-corrected chi connectivity index (χ3v) is 5.29. The SMILES string of the molecule is COC(=O)[C@H]1C[C@H](NC(=O)Cc2ccccc2CN)c2c(Cl)cc(Cl)cc2N1.Cl. The Morgan fingerprint density at radius 2 is 1.93 bits per heavy atom. The third kappa shape index (κ3) is 5.34. The maximum atomic E-state index is 12.7. The smallest absolute Gasteiger partial charge is 0.328 e. The van der Waals surface area contributed by atoms with Crippen molar-refractivity contribution in [2.75, 3.05) is 12.4 Å². The number of benzene rings is 2. The molecule has 0 aromatic heterocycles. The Balaban J connectivity index is 0.00000300. The normalized spacial score (nSPS) is 17.4. The molecule has 0 saturated heterocycles. The van der Waals surface area contributed by atoms with Gasteiger partial charge in [0.15, 0.2) is 0 Å². The van der Waals surface area contributed by atoms with Gasteiger partial charge in [-0.05, 0) is 23.3 Å². The minimum atomic E-state index is -0.617. The molecule has 0 bridgehead atoms. The Kier molecular flexibility index (Phi) is 8.16. The average molecular weight is 459 g/mol. The van der Waals surface area contributed by atoms with Crippen molar-refractivity contribution in [1.82, 2.24) is 5.32 Å². The largest absolute Gasteiger partial charge is 0.467 e. The van der Waals surface area contributed by atoms with Crippen LogP contribution in [-0.2, 0) is 27.3 Å². The van der Waals surface area contributed by atoms with Crippen molar-refractivity contribution in [2.24, 2.45) is 5.73 Å². The van der Waals surface area contributed by atoms with Crippen LogP contribution in [-0.4, -0.2) is 25.0 Å². The lowest BCUT2D eigenvalue weighted by Gasteiger charge is -2.33. The van der Waals surface area contributed by atoms with Gasteiger partial charge in [0.2, 0.25) is 5.91 Å². The van der Waals surface area contributed by atoms with E-state index in [4.69, 9.17) is 33.7 Å². The van der Waals surface area contributed by atoms with E-state index in [-0.39, 0.29) is 24.7 Å². The Hall–Kier alpha value is -1.99. The standard InChI is InChI=1S/C20H21Cl2N3O3.ClH/c1-28-20(27)17-9-16(19-14(22)7-13(21)8-15(19)24-17)25-18(26)6-11-4-2-3-5-12(11)10-23;/h2-5,7-8,16-17,24H,6,9-10,23H2,1H3,(H,25,26);1H/t16-,17+;/m0./s1. The summed E-state index contributed by atoms with van der Waals surface area (Å²) in [5.41, 5.74) is 8.84. The highest BCUT2D eigenvalue weighted by Gasteiger charge is 2.34. The fourth-order valence-electron chi connectivity index (χ4n) is 3.43. The van der Waals surface area contributed by atoms with Crippen molar-refractivity contribution in [3.63, 3.8) is 0 Å². The number of carbonyl (C=O) groups is 2. The molecule has 29 heavy (non-hydrogen) atoms. The Morgan fingerprint density at radius 1 is 1.24 bits per heavy atom. The lowest BCUT2D eigenvalue weighted by Crippen LogP contribution is -2.42. The zero-order valence-corrected chi connectivity index (χ0v) is 18.0. The number of halogens is 3. The van der Waals surface area contributed by atoms with Gasteiger partial charge >= 0.3 is 5.97 Å². The zero-order valence-electron chi connectivity index (χ0n) is 15.7.